The van der Waals surface area contributed by atoms with Gasteiger partial charge < -0.3 is 9.80 Å². The number of hydrogen-bond donors (Lipinski definition) is 0. The SMILES string of the molecule is Cc1csc(C(=O)N2CCC3(CCCN3C)CC2)c1. The Kier molecular flexibility index (Phi) is 3.39. The largest absolute Gasteiger partial charge is 0.338 e. The van der Waals surface area contributed by atoms with Crippen molar-refractivity contribution in [2.75, 3.05) is 26.7 Å². The topological polar surface area (TPSA) is 23.6 Å². The lowest BCUT2D eigenvalue weighted by atomic mass is 9.85. The summed E-state index contributed by atoms with van der Waals surface area (Å²) in [5, 5.41) is 2.06. The molecule has 0 aliphatic carbocycles. The normalized spacial score (nSPS) is 23.2. The predicted molar refractivity (Wildman–Crippen MR) is 78.8 cm³/mol. The number of rotatable bonds is 1. The highest BCUT2D eigenvalue weighted by molar-refractivity contribution is 7.12. The zero-order chi connectivity index (χ0) is 13.5. The highest BCUT2D eigenvalue weighted by atomic mass is 32.1. The van der Waals surface area contributed by atoms with Gasteiger partial charge in [0.1, 0.15) is 0 Å². The Balaban J connectivity index is 1.65. The summed E-state index contributed by atoms with van der Waals surface area (Å²) >= 11 is 1.57. The third-order valence-corrected chi connectivity index (χ3v) is 5.90. The average Bonchev–Trinajstić information content (AvgIpc) is 2.98. The number of thiophene rings is 1. The van der Waals surface area contributed by atoms with E-state index in [1.54, 1.807) is 11.3 Å². The summed E-state index contributed by atoms with van der Waals surface area (Å²) in [6.45, 7) is 5.10. The number of aryl methyl sites for hydroxylation is 1. The van der Waals surface area contributed by atoms with Crippen LogP contribution in [0.5, 0.6) is 0 Å². The molecule has 0 aromatic carbocycles. The molecule has 1 aromatic heterocycles. The van der Waals surface area contributed by atoms with Crippen LogP contribution >= 0.6 is 11.3 Å². The predicted octanol–water partition coefficient (Wildman–Crippen LogP) is 2.76. The number of likely N-dealkylation sites (tertiary alicyclic amines) is 2. The van der Waals surface area contributed by atoms with E-state index in [2.05, 4.69) is 17.3 Å². The molecule has 4 heteroatoms. The fourth-order valence-electron chi connectivity index (χ4n) is 3.53. The van der Waals surface area contributed by atoms with Gasteiger partial charge in [0.05, 0.1) is 4.88 Å². The molecular formula is C15H22N2OS. The summed E-state index contributed by atoms with van der Waals surface area (Å²) in [5.74, 6) is 0.230. The van der Waals surface area contributed by atoms with Crippen LogP contribution in [0.25, 0.3) is 0 Å². The number of hydrogen-bond acceptors (Lipinski definition) is 3. The van der Waals surface area contributed by atoms with Crippen LogP contribution in [-0.4, -0.2) is 47.9 Å². The minimum Gasteiger partial charge on any atom is -0.338 e. The van der Waals surface area contributed by atoms with Gasteiger partial charge in [-0.15, -0.1) is 11.3 Å². The van der Waals surface area contributed by atoms with Gasteiger partial charge in [0.25, 0.3) is 5.91 Å². The van der Waals surface area contributed by atoms with Crippen molar-refractivity contribution in [2.45, 2.75) is 38.1 Å². The molecule has 3 rings (SSSR count). The minimum atomic E-state index is 0.230. The standard InChI is InChI=1S/C15H22N2OS/c1-12-10-13(19-11-12)14(18)17-8-5-15(6-9-17)4-3-7-16(15)2/h10-11H,3-9H2,1-2H3. The smallest absolute Gasteiger partial charge is 0.263 e. The number of piperidine rings is 1. The van der Waals surface area contributed by atoms with E-state index in [4.69, 9.17) is 0 Å². The Labute approximate surface area is 119 Å². The van der Waals surface area contributed by atoms with Crippen LogP contribution in [0.3, 0.4) is 0 Å². The Hall–Kier alpha value is -0.870. The first-order valence-electron chi connectivity index (χ1n) is 7.16. The molecule has 2 saturated heterocycles. The fraction of sp³-hybridized carbons (Fsp3) is 0.667. The summed E-state index contributed by atoms with van der Waals surface area (Å²) in [7, 11) is 2.24. The molecule has 1 spiro atoms. The van der Waals surface area contributed by atoms with E-state index in [1.807, 2.05) is 17.9 Å². The summed E-state index contributed by atoms with van der Waals surface area (Å²) in [5.41, 5.74) is 1.58. The first-order chi connectivity index (χ1) is 9.11. The lowest BCUT2D eigenvalue weighted by Crippen LogP contribution is -2.51. The number of carbonyl (C=O) groups is 1. The van der Waals surface area contributed by atoms with Gasteiger partial charge in [-0.1, -0.05) is 0 Å². The highest BCUT2D eigenvalue weighted by Crippen LogP contribution is 2.37. The second-order valence-electron chi connectivity index (χ2n) is 6.03. The van der Waals surface area contributed by atoms with Crippen molar-refractivity contribution < 1.29 is 4.79 Å². The molecule has 2 fully saturated rings. The van der Waals surface area contributed by atoms with E-state index in [0.717, 1.165) is 30.8 Å². The summed E-state index contributed by atoms with van der Waals surface area (Å²) in [6, 6.07) is 2.01. The van der Waals surface area contributed by atoms with E-state index < -0.39 is 0 Å². The Morgan fingerprint density at radius 3 is 2.53 bits per heavy atom. The van der Waals surface area contributed by atoms with Gasteiger partial charge in [0.15, 0.2) is 0 Å². The molecule has 3 nitrogen and oxygen atoms in total. The van der Waals surface area contributed by atoms with Crippen LogP contribution < -0.4 is 0 Å². The van der Waals surface area contributed by atoms with Crippen LogP contribution in [-0.2, 0) is 0 Å². The fourth-order valence-corrected chi connectivity index (χ4v) is 4.40. The van der Waals surface area contributed by atoms with Gasteiger partial charge in [-0.25, -0.2) is 0 Å². The van der Waals surface area contributed by atoms with Crippen molar-refractivity contribution in [1.29, 1.82) is 0 Å². The van der Waals surface area contributed by atoms with Crippen molar-refractivity contribution in [1.82, 2.24) is 9.80 Å². The molecule has 1 aromatic rings. The highest BCUT2D eigenvalue weighted by Gasteiger charge is 2.41. The maximum atomic E-state index is 12.4. The molecule has 3 heterocycles. The first kappa shape index (κ1) is 13.1. The molecule has 0 unspecified atom stereocenters. The third kappa shape index (κ3) is 2.32. The van der Waals surface area contributed by atoms with Gasteiger partial charge in [0, 0.05) is 18.6 Å². The number of amides is 1. The van der Waals surface area contributed by atoms with Gasteiger partial charge in [-0.2, -0.15) is 0 Å². The lowest BCUT2D eigenvalue weighted by molar-refractivity contribution is 0.0496. The van der Waals surface area contributed by atoms with Crippen LogP contribution in [0.1, 0.15) is 40.9 Å². The maximum absolute atomic E-state index is 12.4. The Bertz CT molecular complexity index is 474. The van der Waals surface area contributed by atoms with E-state index in [0.29, 0.717) is 5.54 Å². The molecule has 0 bridgehead atoms. The summed E-state index contributed by atoms with van der Waals surface area (Å²) in [6.07, 6.45) is 4.90. The van der Waals surface area contributed by atoms with E-state index in [1.165, 1.54) is 24.9 Å². The summed E-state index contributed by atoms with van der Waals surface area (Å²) < 4.78 is 0. The molecule has 104 valence electrons. The first-order valence-corrected chi connectivity index (χ1v) is 8.04. The van der Waals surface area contributed by atoms with E-state index >= 15 is 0 Å². The minimum absolute atomic E-state index is 0.230. The van der Waals surface area contributed by atoms with Crippen molar-refractivity contribution in [3.05, 3.63) is 21.9 Å². The second-order valence-corrected chi connectivity index (χ2v) is 6.94. The van der Waals surface area contributed by atoms with Gasteiger partial charge in [-0.3, -0.25) is 4.79 Å². The van der Waals surface area contributed by atoms with Gasteiger partial charge in [0.2, 0.25) is 0 Å². The van der Waals surface area contributed by atoms with Crippen molar-refractivity contribution in [3.8, 4) is 0 Å². The molecule has 19 heavy (non-hydrogen) atoms. The van der Waals surface area contributed by atoms with Gasteiger partial charge in [-0.05, 0) is 63.2 Å². The van der Waals surface area contributed by atoms with Crippen LogP contribution in [0.15, 0.2) is 11.4 Å². The van der Waals surface area contributed by atoms with Crippen LogP contribution in [0.2, 0.25) is 0 Å². The molecule has 0 radical (unpaired) electrons. The third-order valence-electron chi connectivity index (χ3n) is 4.87. The molecule has 0 atom stereocenters. The molecule has 2 aliphatic rings. The molecule has 2 aliphatic heterocycles. The van der Waals surface area contributed by atoms with Gasteiger partial charge >= 0.3 is 0 Å². The molecule has 0 saturated carbocycles. The average molecular weight is 278 g/mol. The Morgan fingerprint density at radius 2 is 2.00 bits per heavy atom. The molecule has 0 N–H and O–H groups in total. The number of carbonyl (C=O) groups excluding carboxylic acids is 1. The summed E-state index contributed by atoms with van der Waals surface area (Å²) in [4.78, 5) is 17.9. The molecular weight excluding hydrogens is 256 g/mol. The van der Waals surface area contributed by atoms with E-state index in [-0.39, 0.29) is 5.91 Å². The van der Waals surface area contributed by atoms with Crippen LogP contribution in [0.4, 0.5) is 0 Å². The Morgan fingerprint density at radius 1 is 1.26 bits per heavy atom. The zero-order valence-electron chi connectivity index (χ0n) is 11.8. The maximum Gasteiger partial charge on any atom is 0.263 e. The van der Waals surface area contributed by atoms with Crippen molar-refractivity contribution in [3.63, 3.8) is 0 Å². The lowest BCUT2D eigenvalue weighted by Gasteiger charge is -2.43. The van der Waals surface area contributed by atoms with Crippen molar-refractivity contribution >= 4 is 17.2 Å². The monoisotopic (exact) mass is 278 g/mol. The van der Waals surface area contributed by atoms with Crippen LogP contribution in [0, 0.1) is 6.92 Å². The van der Waals surface area contributed by atoms with Crippen molar-refractivity contribution in [2.24, 2.45) is 0 Å². The quantitative estimate of drug-likeness (QED) is 0.788. The molecule has 1 amide bonds. The second kappa shape index (κ2) is 4.91. The number of nitrogens with zero attached hydrogens (tertiary/aromatic N) is 2. The van der Waals surface area contributed by atoms with E-state index in [9.17, 15) is 4.79 Å². The zero-order valence-corrected chi connectivity index (χ0v) is 12.6.